The molecule has 0 N–H and O–H groups in total. The van der Waals surface area contributed by atoms with E-state index in [-0.39, 0.29) is 5.69 Å². The quantitative estimate of drug-likeness (QED) is 0.596. The Bertz CT molecular complexity index is 667. The second-order valence-corrected chi connectivity index (χ2v) is 3.83. The lowest BCUT2D eigenvalue weighted by molar-refractivity contribution is -0.385. The number of aliphatic imine (C=N–C) groups is 1. The van der Waals surface area contributed by atoms with Gasteiger partial charge in [0.25, 0.3) is 0 Å². The first-order valence-corrected chi connectivity index (χ1v) is 5.47. The average Bonchev–Trinajstić information content (AvgIpc) is 2.90. The molecule has 3 rings (SSSR count). The summed E-state index contributed by atoms with van der Waals surface area (Å²) < 4.78 is 5.36. The molecule has 0 bridgehead atoms. The van der Waals surface area contributed by atoms with Gasteiger partial charge in [0.05, 0.1) is 17.0 Å². The van der Waals surface area contributed by atoms with Crippen LogP contribution < -0.4 is 0 Å². The summed E-state index contributed by atoms with van der Waals surface area (Å²) in [5.74, 6) is 0.334. The van der Waals surface area contributed by atoms with Gasteiger partial charge in [-0.05, 0) is 6.07 Å². The van der Waals surface area contributed by atoms with E-state index in [1.165, 1.54) is 6.20 Å². The Hall–Kier alpha value is -2.50. The molecule has 0 spiro atoms. The SMILES string of the molecule is O=[N+]([O-])c1cnc2ccccc2c1C1=NCCO1. The third-order valence-corrected chi connectivity index (χ3v) is 2.75. The molecule has 0 saturated carbocycles. The topological polar surface area (TPSA) is 77.6 Å². The summed E-state index contributed by atoms with van der Waals surface area (Å²) in [6.45, 7) is 0.992. The normalized spacial score (nSPS) is 14.3. The van der Waals surface area contributed by atoms with Crippen molar-refractivity contribution in [3.05, 3.63) is 46.1 Å². The summed E-state index contributed by atoms with van der Waals surface area (Å²) >= 11 is 0. The minimum absolute atomic E-state index is 0.0747. The molecule has 6 heteroatoms. The third-order valence-electron chi connectivity index (χ3n) is 2.75. The van der Waals surface area contributed by atoms with E-state index in [1.807, 2.05) is 12.1 Å². The lowest BCUT2D eigenvalue weighted by Gasteiger charge is -2.06. The van der Waals surface area contributed by atoms with Crippen LogP contribution >= 0.6 is 0 Å². The van der Waals surface area contributed by atoms with E-state index in [9.17, 15) is 10.1 Å². The molecule has 0 unspecified atom stereocenters. The van der Waals surface area contributed by atoms with Crippen molar-refractivity contribution in [2.24, 2.45) is 4.99 Å². The summed E-state index contributed by atoms with van der Waals surface area (Å²) in [5, 5.41) is 11.8. The van der Waals surface area contributed by atoms with Gasteiger partial charge in [-0.25, -0.2) is 9.98 Å². The van der Waals surface area contributed by atoms with Crippen LogP contribution in [0.15, 0.2) is 35.5 Å². The monoisotopic (exact) mass is 243 g/mol. The molecule has 1 aliphatic heterocycles. The van der Waals surface area contributed by atoms with Crippen LogP contribution in [-0.4, -0.2) is 29.0 Å². The molecule has 1 aromatic heterocycles. The van der Waals surface area contributed by atoms with Gasteiger partial charge in [0.15, 0.2) is 0 Å². The molecular formula is C12H9N3O3. The molecular weight excluding hydrogens is 234 g/mol. The number of nitro groups is 1. The predicted molar refractivity (Wildman–Crippen MR) is 65.8 cm³/mol. The van der Waals surface area contributed by atoms with Gasteiger partial charge in [-0.15, -0.1) is 0 Å². The number of aromatic nitrogens is 1. The number of hydrogen-bond donors (Lipinski definition) is 0. The maximum absolute atomic E-state index is 11.1. The van der Waals surface area contributed by atoms with Crippen molar-refractivity contribution in [2.75, 3.05) is 13.2 Å². The summed E-state index contributed by atoms with van der Waals surface area (Å²) in [7, 11) is 0. The first-order chi connectivity index (χ1) is 8.77. The number of nitrogens with zero attached hydrogens (tertiary/aromatic N) is 3. The maximum Gasteiger partial charge on any atom is 0.300 e. The maximum atomic E-state index is 11.1. The number of para-hydroxylation sites is 1. The minimum Gasteiger partial charge on any atom is -0.475 e. The summed E-state index contributed by atoms with van der Waals surface area (Å²) in [6, 6.07) is 7.24. The van der Waals surface area contributed by atoms with Gasteiger partial charge in [-0.2, -0.15) is 0 Å². The lowest BCUT2D eigenvalue weighted by atomic mass is 10.1. The van der Waals surface area contributed by atoms with E-state index < -0.39 is 4.92 Å². The summed E-state index contributed by atoms with van der Waals surface area (Å²) in [4.78, 5) is 18.9. The lowest BCUT2D eigenvalue weighted by Crippen LogP contribution is -2.07. The molecule has 0 atom stereocenters. The number of rotatable bonds is 2. The minimum atomic E-state index is -0.459. The Kier molecular flexibility index (Phi) is 2.40. The van der Waals surface area contributed by atoms with Crippen LogP contribution in [0.5, 0.6) is 0 Å². The van der Waals surface area contributed by atoms with Crippen LogP contribution in [0.3, 0.4) is 0 Å². The molecule has 1 aliphatic rings. The van der Waals surface area contributed by atoms with E-state index >= 15 is 0 Å². The van der Waals surface area contributed by atoms with Gasteiger partial charge in [-0.3, -0.25) is 10.1 Å². The van der Waals surface area contributed by atoms with E-state index in [4.69, 9.17) is 4.74 Å². The van der Waals surface area contributed by atoms with Crippen LogP contribution in [0.25, 0.3) is 10.9 Å². The predicted octanol–water partition coefficient (Wildman–Crippen LogP) is 1.92. The highest BCUT2D eigenvalue weighted by Gasteiger charge is 2.25. The Morgan fingerprint density at radius 1 is 1.33 bits per heavy atom. The standard InChI is InChI=1S/C12H9N3O3/c16-15(17)10-7-14-9-4-2-1-3-8(9)11(10)12-13-5-6-18-12/h1-4,7H,5-6H2. The van der Waals surface area contributed by atoms with Crippen LogP contribution in [-0.2, 0) is 4.74 Å². The number of benzene rings is 1. The van der Waals surface area contributed by atoms with Crippen molar-refractivity contribution in [3.8, 4) is 0 Å². The molecule has 18 heavy (non-hydrogen) atoms. The molecule has 0 aliphatic carbocycles. The molecule has 6 nitrogen and oxygen atoms in total. The first-order valence-electron chi connectivity index (χ1n) is 5.47. The average molecular weight is 243 g/mol. The molecule has 0 radical (unpaired) electrons. The second kappa shape index (κ2) is 4.06. The molecule has 90 valence electrons. The number of ether oxygens (including phenoxy) is 1. The van der Waals surface area contributed by atoms with Gasteiger partial charge < -0.3 is 4.74 Å². The van der Waals surface area contributed by atoms with Crippen molar-refractivity contribution < 1.29 is 9.66 Å². The van der Waals surface area contributed by atoms with E-state index in [0.717, 1.165) is 0 Å². The van der Waals surface area contributed by atoms with E-state index in [2.05, 4.69) is 9.98 Å². The zero-order valence-electron chi connectivity index (χ0n) is 9.37. The Balaban J connectivity index is 2.35. The van der Waals surface area contributed by atoms with Crippen LogP contribution in [0.4, 0.5) is 5.69 Å². The van der Waals surface area contributed by atoms with E-state index in [1.54, 1.807) is 12.1 Å². The molecule has 0 amide bonds. The Morgan fingerprint density at radius 2 is 2.17 bits per heavy atom. The summed E-state index contributed by atoms with van der Waals surface area (Å²) in [5.41, 5.74) is 1.04. The highest BCUT2D eigenvalue weighted by Crippen LogP contribution is 2.28. The highest BCUT2D eigenvalue weighted by molar-refractivity contribution is 6.09. The first kappa shape index (κ1) is 10.6. The van der Waals surface area contributed by atoms with Gasteiger partial charge in [0.1, 0.15) is 18.4 Å². The molecule has 0 saturated heterocycles. The van der Waals surface area contributed by atoms with Crippen molar-refractivity contribution in [1.82, 2.24) is 4.98 Å². The third kappa shape index (κ3) is 1.58. The fourth-order valence-corrected chi connectivity index (χ4v) is 1.98. The molecule has 2 heterocycles. The second-order valence-electron chi connectivity index (χ2n) is 3.83. The fraction of sp³-hybridized carbons (Fsp3) is 0.167. The van der Waals surface area contributed by atoms with E-state index in [0.29, 0.717) is 35.5 Å². The van der Waals surface area contributed by atoms with Gasteiger partial charge in [-0.1, -0.05) is 18.2 Å². The molecule has 1 aromatic carbocycles. The van der Waals surface area contributed by atoms with Crippen molar-refractivity contribution in [2.45, 2.75) is 0 Å². The van der Waals surface area contributed by atoms with Crippen LogP contribution in [0.2, 0.25) is 0 Å². The molecule has 0 fully saturated rings. The Labute approximate surface area is 102 Å². The fourth-order valence-electron chi connectivity index (χ4n) is 1.98. The van der Waals surface area contributed by atoms with Gasteiger partial charge in [0.2, 0.25) is 5.90 Å². The van der Waals surface area contributed by atoms with Crippen LogP contribution in [0.1, 0.15) is 5.56 Å². The molecule has 2 aromatic rings. The zero-order chi connectivity index (χ0) is 12.5. The van der Waals surface area contributed by atoms with Gasteiger partial charge in [0, 0.05) is 5.39 Å². The Morgan fingerprint density at radius 3 is 2.89 bits per heavy atom. The zero-order valence-corrected chi connectivity index (χ0v) is 9.37. The van der Waals surface area contributed by atoms with Crippen molar-refractivity contribution >= 4 is 22.5 Å². The number of pyridine rings is 1. The number of fused-ring (bicyclic) bond motifs is 1. The number of hydrogen-bond acceptors (Lipinski definition) is 5. The summed E-state index contributed by atoms with van der Waals surface area (Å²) in [6.07, 6.45) is 1.25. The smallest absolute Gasteiger partial charge is 0.300 e. The highest BCUT2D eigenvalue weighted by atomic mass is 16.6. The van der Waals surface area contributed by atoms with Crippen molar-refractivity contribution in [3.63, 3.8) is 0 Å². The van der Waals surface area contributed by atoms with Crippen LogP contribution in [0, 0.1) is 10.1 Å². The largest absolute Gasteiger partial charge is 0.475 e. The van der Waals surface area contributed by atoms with Crippen molar-refractivity contribution in [1.29, 1.82) is 0 Å². The van der Waals surface area contributed by atoms with Gasteiger partial charge >= 0.3 is 5.69 Å².